The maximum Gasteiger partial charge on any atom is 0.0481 e. The van der Waals surface area contributed by atoms with Gasteiger partial charge < -0.3 is 15.0 Å². The van der Waals surface area contributed by atoms with E-state index in [2.05, 4.69) is 48.6 Å². The highest BCUT2D eigenvalue weighted by atomic mass is 16.5. The van der Waals surface area contributed by atoms with Crippen LogP contribution in [0.1, 0.15) is 30.0 Å². The lowest BCUT2D eigenvalue weighted by Crippen LogP contribution is -2.42. The van der Waals surface area contributed by atoms with E-state index in [0.717, 1.165) is 19.1 Å². The molecule has 3 nitrogen and oxygen atoms in total. The van der Waals surface area contributed by atoms with Gasteiger partial charge in [0.05, 0.1) is 0 Å². The first kappa shape index (κ1) is 14.1. The lowest BCUT2D eigenvalue weighted by Gasteiger charge is -2.34. The number of nitrogens with one attached hydrogen (secondary N) is 1. The molecular weight excluding hydrogens is 248 g/mol. The molecule has 3 rings (SSSR count). The third kappa shape index (κ3) is 2.76. The zero-order valence-corrected chi connectivity index (χ0v) is 12.6. The van der Waals surface area contributed by atoms with Gasteiger partial charge in [-0.1, -0.05) is 24.3 Å². The molecule has 1 aliphatic carbocycles. The molecule has 2 atom stereocenters. The standard InChI is InChI=1S/C17H26N2O/c1-18-17-15-6-4-3-5-14(15)11-16(17)19(2)12-13-7-9-20-10-8-13/h3-6,13,16-18H,7-12H2,1-2H3. The summed E-state index contributed by atoms with van der Waals surface area (Å²) in [6.45, 7) is 3.08. The van der Waals surface area contributed by atoms with Crippen LogP contribution >= 0.6 is 0 Å². The molecule has 0 saturated carbocycles. The van der Waals surface area contributed by atoms with E-state index in [0.29, 0.717) is 12.1 Å². The van der Waals surface area contributed by atoms with Crippen LogP contribution in [-0.2, 0) is 11.2 Å². The van der Waals surface area contributed by atoms with Crippen molar-refractivity contribution < 1.29 is 4.74 Å². The predicted octanol–water partition coefficient (Wildman–Crippen LogP) is 2.23. The summed E-state index contributed by atoms with van der Waals surface area (Å²) in [5.41, 5.74) is 2.99. The zero-order chi connectivity index (χ0) is 13.9. The SMILES string of the molecule is CNC1c2ccccc2CC1N(C)CC1CCOCC1. The molecule has 2 aliphatic rings. The van der Waals surface area contributed by atoms with Crippen LogP contribution in [0.4, 0.5) is 0 Å². The Bertz CT molecular complexity index is 442. The largest absolute Gasteiger partial charge is 0.381 e. The van der Waals surface area contributed by atoms with E-state index in [1.165, 1.54) is 36.9 Å². The van der Waals surface area contributed by atoms with Gasteiger partial charge in [0, 0.05) is 31.8 Å². The summed E-state index contributed by atoms with van der Waals surface area (Å²) in [4.78, 5) is 2.57. The summed E-state index contributed by atoms with van der Waals surface area (Å²) in [5, 5.41) is 3.52. The lowest BCUT2D eigenvalue weighted by molar-refractivity contribution is 0.0484. The Balaban J connectivity index is 1.67. The summed E-state index contributed by atoms with van der Waals surface area (Å²) in [6, 6.07) is 9.92. The average Bonchev–Trinajstić information content (AvgIpc) is 2.87. The van der Waals surface area contributed by atoms with Crippen LogP contribution in [0, 0.1) is 5.92 Å². The molecule has 20 heavy (non-hydrogen) atoms. The highest BCUT2D eigenvalue weighted by Crippen LogP contribution is 2.34. The highest BCUT2D eigenvalue weighted by Gasteiger charge is 2.34. The molecular formula is C17H26N2O. The normalized spacial score (nSPS) is 26.9. The minimum atomic E-state index is 0.469. The molecule has 1 heterocycles. The quantitative estimate of drug-likeness (QED) is 0.911. The van der Waals surface area contributed by atoms with Gasteiger partial charge in [0.1, 0.15) is 0 Å². The number of hydrogen-bond acceptors (Lipinski definition) is 3. The number of fused-ring (bicyclic) bond motifs is 1. The average molecular weight is 274 g/mol. The minimum absolute atomic E-state index is 0.469. The van der Waals surface area contributed by atoms with Gasteiger partial charge in [-0.25, -0.2) is 0 Å². The van der Waals surface area contributed by atoms with Gasteiger partial charge in [-0.05, 0) is 50.4 Å². The van der Waals surface area contributed by atoms with E-state index in [4.69, 9.17) is 4.74 Å². The van der Waals surface area contributed by atoms with Crippen LogP contribution < -0.4 is 5.32 Å². The number of hydrogen-bond donors (Lipinski definition) is 1. The Morgan fingerprint density at radius 2 is 2.00 bits per heavy atom. The van der Waals surface area contributed by atoms with E-state index in [1.807, 2.05) is 0 Å². The predicted molar refractivity (Wildman–Crippen MR) is 81.9 cm³/mol. The van der Waals surface area contributed by atoms with Crippen molar-refractivity contribution in [1.29, 1.82) is 0 Å². The van der Waals surface area contributed by atoms with Crippen LogP contribution in [0.25, 0.3) is 0 Å². The minimum Gasteiger partial charge on any atom is -0.381 e. The maximum atomic E-state index is 5.47. The molecule has 1 aromatic rings. The van der Waals surface area contributed by atoms with Crippen LogP contribution in [0.5, 0.6) is 0 Å². The van der Waals surface area contributed by atoms with Crippen molar-refractivity contribution in [2.45, 2.75) is 31.3 Å². The van der Waals surface area contributed by atoms with Gasteiger partial charge in [0.2, 0.25) is 0 Å². The van der Waals surface area contributed by atoms with Crippen molar-refractivity contribution in [3.63, 3.8) is 0 Å². The third-order valence-corrected chi connectivity index (χ3v) is 4.97. The number of ether oxygens (including phenoxy) is 1. The monoisotopic (exact) mass is 274 g/mol. The maximum absolute atomic E-state index is 5.47. The smallest absolute Gasteiger partial charge is 0.0481 e. The summed E-state index contributed by atoms with van der Waals surface area (Å²) in [6.07, 6.45) is 3.60. The van der Waals surface area contributed by atoms with Crippen molar-refractivity contribution >= 4 is 0 Å². The highest BCUT2D eigenvalue weighted by molar-refractivity contribution is 5.37. The first-order valence-corrected chi connectivity index (χ1v) is 7.82. The van der Waals surface area contributed by atoms with Gasteiger partial charge >= 0.3 is 0 Å². The number of benzene rings is 1. The fraction of sp³-hybridized carbons (Fsp3) is 0.647. The fourth-order valence-corrected chi connectivity index (χ4v) is 3.80. The van der Waals surface area contributed by atoms with Crippen LogP contribution in [0.3, 0.4) is 0 Å². The molecule has 1 N–H and O–H groups in total. The molecule has 2 unspecified atom stereocenters. The second-order valence-corrected chi connectivity index (χ2v) is 6.23. The van der Waals surface area contributed by atoms with Gasteiger partial charge in [-0.15, -0.1) is 0 Å². The van der Waals surface area contributed by atoms with Crippen LogP contribution in [0.15, 0.2) is 24.3 Å². The second-order valence-electron chi connectivity index (χ2n) is 6.23. The topological polar surface area (TPSA) is 24.5 Å². The van der Waals surface area contributed by atoms with E-state index in [-0.39, 0.29) is 0 Å². The molecule has 0 amide bonds. The van der Waals surface area contributed by atoms with E-state index >= 15 is 0 Å². The van der Waals surface area contributed by atoms with Gasteiger partial charge in [-0.3, -0.25) is 0 Å². The summed E-state index contributed by atoms with van der Waals surface area (Å²) < 4.78 is 5.47. The van der Waals surface area contributed by atoms with E-state index in [9.17, 15) is 0 Å². The number of likely N-dealkylation sites (N-methyl/N-ethyl adjacent to an activating group) is 2. The molecule has 1 aromatic carbocycles. The van der Waals surface area contributed by atoms with Crippen molar-refractivity contribution in [1.82, 2.24) is 10.2 Å². The van der Waals surface area contributed by atoms with Crippen LogP contribution in [-0.4, -0.2) is 44.8 Å². The van der Waals surface area contributed by atoms with E-state index in [1.54, 1.807) is 0 Å². The summed E-state index contributed by atoms with van der Waals surface area (Å²) in [7, 11) is 4.37. The summed E-state index contributed by atoms with van der Waals surface area (Å²) >= 11 is 0. The van der Waals surface area contributed by atoms with Gasteiger partial charge in [0.15, 0.2) is 0 Å². The Morgan fingerprint density at radius 3 is 2.75 bits per heavy atom. The number of rotatable bonds is 4. The van der Waals surface area contributed by atoms with Crippen molar-refractivity contribution in [3.8, 4) is 0 Å². The molecule has 1 fully saturated rings. The molecule has 110 valence electrons. The number of nitrogens with zero attached hydrogens (tertiary/aromatic N) is 1. The Morgan fingerprint density at radius 1 is 1.25 bits per heavy atom. The van der Waals surface area contributed by atoms with E-state index < -0.39 is 0 Å². The van der Waals surface area contributed by atoms with Crippen LogP contribution in [0.2, 0.25) is 0 Å². The molecule has 0 aromatic heterocycles. The first-order chi connectivity index (χ1) is 9.79. The molecule has 1 saturated heterocycles. The van der Waals surface area contributed by atoms with Gasteiger partial charge in [-0.2, -0.15) is 0 Å². The fourth-order valence-electron chi connectivity index (χ4n) is 3.80. The molecule has 0 radical (unpaired) electrons. The molecule has 0 bridgehead atoms. The second kappa shape index (κ2) is 6.25. The Labute approximate surface area is 122 Å². The Hall–Kier alpha value is -0.900. The van der Waals surface area contributed by atoms with Crippen molar-refractivity contribution in [2.75, 3.05) is 33.9 Å². The summed E-state index contributed by atoms with van der Waals surface area (Å²) in [5.74, 6) is 0.801. The zero-order valence-electron chi connectivity index (χ0n) is 12.6. The molecule has 1 aliphatic heterocycles. The lowest BCUT2D eigenvalue weighted by atomic mass is 9.98. The van der Waals surface area contributed by atoms with Crippen molar-refractivity contribution in [3.05, 3.63) is 35.4 Å². The van der Waals surface area contributed by atoms with Crippen molar-refractivity contribution in [2.24, 2.45) is 5.92 Å². The van der Waals surface area contributed by atoms with Gasteiger partial charge in [0.25, 0.3) is 0 Å². The Kier molecular flexibility index (Phi) is 4.39. The molecule has 0 spiro atoms. The molecule has 3 heteroatoms. The third-order valence-electron chi connectivity index (χ3n) is 4.97. The first-order valence-electron chi connectivity index (χ1n) is 7.82.